The van der Waals surface area contributed by atoms with Crippen molar-refractivity contribution in [2.75, 3.05) is 39.6 Å². The molecule has 0 saturated carbocycles. The van der Waals surface area contributed by atoms with E-state index in [2.05, 4.69) is 34.6 Å². The van der Waals surface area contributed by atoms with Crippen LogP contribution in [0.4, 0.5) is 0 Å². The standard InChI is InChI=1S/C76H148O17P2/c1-6-9-12-15-18-21-23-25-27-29-30-31-32-34-36-38-41-46-51-56-61-75(80)92-71(65-87-74(79)60-55-50-45-40-37-35-33-28-26-24-22-19-16-13-10-7-2)67-90-94(82,83)88-63-70(77)64-89-95(84,85)91-68-72(66-86-73(78)59-54-49-44-39-20-17-14-11-8-3)93-76(81)62-57-52-47-42-43-48-53-58-69(4)5/h69-72,77H,6-68H2,1-5H3,(H,82,83)(H,84,85)/t70-,71-,72-/m1/s1. The summed E-state index contributed by atoms with van der Waals surface area (Å²) in [5, 5.41) is 10.6. The Morgan fingerprint density at radius 1 is 0.284 bits per heavy atom. The molecule has 0 rings (SSSR count). The van der Waals surface area contributed by atoms with Gasteiger partial charge in [0.05, 0.1) is 26.4 Å². The van der Waals surface area contributed by atoms with Crippen molar-refractivity contribution in [2.45, 2.75) is 419 Å². The molecule has 0 radical (unpaired) electrons. The summed E-state index contributed by atoms with van der Waals surface area (Å²) in [4.78, 5) is 72.7. The predicted molar refractivity (Wildman–Crippen MR) is 386 cm³/mol. The van der Waals surface area contributed by atoms with E-state index in [0.29, 0.717) is 31.6 Å². The van der Waals surface area contributed by atoms with Crippen LogP contribution in [0.5, 0.6) is 0 Å². The normalized spacial score (nSPS) is 13.9. The minimum atomic E-state index is -4.96. The fraction of sp³-hybridized carbons (Fsp3) is 0.947. The molecule has 0 aliphatic rings. The second kappa shape index (κ2) is 69.2. The smallest absolute Gasteiger partial charge is 0.462 e. The van der Waals surface area contributed by atoms with Crippen LogP contribution in [0, 0.1) is 5.92 Å². The van der Waals surface area contributed by atoms with Gasteiger partial charge < -0.3 is 33.8 Å². The third-order valence-electron chi connectivity index (χ3n) is 17.8. The number of phosphoric ester groups is 2. The molecular formula is C76H148O17P2. The summed E-state index contributed by atoms with van der Waals surface area (Å²) in [6, 6.07) is 0. The van der Waals surface area contributed by atoms with Crippen LogP contribution in [0.2, 0.25) is 0 Å². The average Bonchev–Trinajstić information content (AvgIpc) is 1.68. The van der Waals surface area contributed by atoms with Crippen molar-refractivity contribution in [3.8, 4) is 0 Å². The minimum absolute atomic E-state index is 0.104. The molecule has 0 fully saturated rings. The van der Waals surface area contributed by atoms with Gasteiger partial charge in [-0.15, -0.1) is 0 Å². The van der Waals surface area contributed by atoms with Crippen molar-refractivity contribution in [2.24, 2.45) is 5.92 Å². The zero-order chi connectivity index (χ0) is 69.8. The highest BCUT2D eigenvalue weighted by Gasteiger charge is 2.30. The van der Waals surface area contributed by atoms with E-state index >= 15 is 0 Å². The highest BCUT2D eigenvalue weighted by atomic mass is 31.2. The molecule has 0 aromatic carbocycles. The molecule has 0 amide bonds. The number of aliphatic hydroxyl groups excluding tert-OH is 1. The van der Waals surface area contributed by atoms with Gasteiger partial charge in [-0.25, -0.2) is 9.13 Å². The molecule has 5 atom stereocenters. The molecule has 0 aliphatic heterocycles. The fourth-order valence-electron chi connectivity index (χ4n) is 11.7. The fourth-order valence-corrected chi connectivity index (χ4v) is 13.3. The number of ether oxygens (including phenoxy) is 4. The predicted octanol–water partition coefficient (Wildman–Crippen LogP) is 22.5. The highest BCUT2D eigenvalue weighted by molar-refractivity contribution is 7.47. The van der Waals surface area contributed by atoms with Crippen LogP contribution >= 0.6 is 15.6 Å². The third-order valence-corrected chi connectivity index (χ3v) is 19.7. The summed E-state index contributed by atoms with van der Waals surface area (Å²) in [5.74, 6) is -1.42. The number of phosphoric acid groups is 2. The van der Waals surface area contributed by atoms with Crippen LogP contribution < -0.4 is 0 Å². The molecule has 0 heterocycles. The van der Waals surface area contributed by atoms with Crippen LogP contribution in [0.25, 0.3) is 0 Å². The third kappa shape index (κ3) is 70.3. The van der Waals surface area contributed by atoms with E-state index in [9.17, 15) is 43.2 Å². The molecule has 0 saturated heterocycles. The Kier molecular flexibility index (Phi) is 67.7. The Balaban J connectivity index is 5.19. The number of esters is 4. The number of carbonyl (C=O) groups excluding carboxylic acids is 4. The first-order valence-electron chi connectivity index (χ1n) is 39.6. The number of hydrogen-bond acceptors (Lipinski definition) is 15. The lowest BCUT2D eigenvalue weighted by Crippen LogP contribution is -2.30. The van der Waals surface area contributed by atoms with Crippen LogP contribution in [-0.2, 0) is 65.4 Å². The maximum atomic E-state index is 13.1. The maximum absolute atomic E-state index is 13.1. The van der Waals surface area contributed by atoms with Gasteiger partial charge in [0.1, 0.15) is 19.3 Å². The summed E-state index contributed by atoms with van der Waals surface area (Å²) in [6.45, 7) is 7.21. The first-order valence-corrected chi connectivity index (χ1v) is 42.6. The average molecular weight is 1400 g/mol. The molecule has 0 aromatic heterocycles. The van der Waals surface area contributed by atoms with Gasteiger partial charge in [0.15, 0.2) is 12.2 Å². The number of aliphatic hydroxyl groups is 1. The zero-order valence-electron chi connectivity index (χ0n) is 61.8. The van der Waals surface area contributed by atoms with E-state index in [-0.39, 0.29) is 25.7 Å². The topological polar surface area (TPSA) is 237 Å². The molecule has 0 aromatic rings. The van der Waals surface area contributed by atoms with E-state index < -0.39 is 97.5 Å². The van der Waals surface area contributed by atoms with Crippen molar-refractivity contribution in [1.29, 1.82) is 0 Å². The van der Waals surface area contributed by atoms with E-state index in [4.69, 9.17) is 37.0 Å². The van der Waals surface area contributed by atoms with Crippen molar-refractivity contribution >= 4 is 39.5 Å². The quantitative estimate of drug-likeness (QED) is 0.0222. The molecule has 564 valence electrons. The zero-order valence-corrected chi connectivity index (χ0v) is 63.6. The van der Waals surface area contributed by atoms with E-state index in [1.807, 2.05) is 0 Å². The molecular weight excluding hydrogens is 1250 g/mol. The number of rotatable bonds is 76. The van der Waals surface area contributed by atoms with Crippen LogP contribution in [0.15, 0.2) is 0 Å². The summed E-state index contributed by atoms with van der Waals surface area (Å²) in [5.41, 5.74) is 0. The minimum Gasteiger partial charge on any atom is -0.462 e. The van der Waals surface area contributed by atoms with Crippen molar-refractivity contribution in [3.63, 3.8) is 0 Å². The summed E-state index contributed by atoms with van der Waals surface area (Å²) in [7, 11) is -9.91. The Hall–Kier alpha value is -1.94. The Bertz CT molecular complexity index is 1820. The highest BCUT2D eigenvalue weighted by Crippen LogP contribution is 2.45. The van der Waals surface area contributed by atoms with Gasteiger partial charge in [0, 0.05) is 25.7 Å². The van der Waals surface area contributed by atoms with Crippen molar-refractivity contribution in [3.05, 3.63) is 0 Å². The van der Waals surface area contributed by atoms with Gasteiger partial charge in [0.2, 0.25) is 0 Å². The Labute approximate surface area is 581 Å². The van der Waals surface area contributed by atoms with Crippen LogP contribution in [0.3, 0.4) is 0 Å². The first kappa shape index (κ1) is 93.1. The van der Waals surface area contributed by atoms with Crippen LogP contribution in [0.1, 0.15) is 401 Å². The summed E-state index contributed by atoms with van der Waals surface area (Å²) in [6.07, 6.45) is 58.5. The molecule has 19 heteroatoms. The van der Waals surface area contributed by atoms with E-state index in [1.165, 1.54) is 225 Å². The maximum Gasteiger partial charge on any atom is 0.472 e. The summed E-state index contributed by atoms with van der Waals surface area (Å²) < 4.78 is 68.4. The van der Waals surface area contributed by atoms with Crippen molar-refractivity contribution < 1.29 is 80.2 Å². The van der Waals surface area contributed by atoms with Crippen LogP contribution in [-0.4, -0.2) is 96.7 Å². The largest absolute Gasteiger partial charge is 0.472 e. The summed E-state index contributed by atoms with van der Waals surface area (Å²) >= 11 is 0. The van der Waals surface area contributed by atoms with Gasteiger partial charge in [-0.3, -0.25) is 37.3 Å². The van der Waals surface area contributed by atoms with Crippen molar-refractivity contribution in [1.82, 2.24) is 0 Å². The molecule has 2 unspecified atom stereocenters. The van der Waals surface area contributed by atoms with Gasteiger partial charge in [-0.05, 0) is 31.6 Å². The van der Waals surface area contributed by atoms with Gasteiger partial charge in [-0.1, -0.05) is 349 Å². The first-order chi connectivity index (χ1) is 46.0. The van der Waals surface area contributed by atoms with Gasteiger partial charge in [-0.2, -0.15) is 0 Å². The lowest BCUT2D eigenvalue weighted by atomic mass is 10.0. The lowest BCUT2D eigenvalue weighted by molar-refractivity contribution is -0.161. The number of carbonyl (C=O) groups is 4. The van der Waals surface area contributed by atoms with Gasteiger partial charge >= 0.3 is 39.5 Å². The molecule has 95 heavy (non-hydrogen) atoms. The second-order valence-electron chi connectivity index (χ2n) is 27.9. The number of hydrogen-bond donors (Lipinski definition) is 3. The molecule has 0 bridgehead atoms. The molecule has 3 N–H and O–H groups in total. The van der Waals surface area contributed by atoms with E-state index in [1.54, 1.807) is 0 Å². The molecule has 0 aliphatic carbocycles. The number of unbranched alkanes of at least 4 members (excludes halogenated alkanes) is 48. The monoisotopic (exact) mass is 1400 g/mol. The molecule has 0 spiro atoms. The van der Waals surface area contributed by atoms with Gasteiger partial charge in [0.25, 0.3) is 0 Å². The second-order valence-corrected chi connectivity index (χ2v) is 30.8. The Morgan fingerprint density at radius 3 is 0.716 bits per heavy atom. The Morgan fingerprint density at radius 2 is 0.484 bits per heavy atom. The lowest BCUT2D eigenvalue weighted by Gasteiger charge is -2.21. The SMILES string of the molecule is CCCCCCCCCCCCCCCCCCCCCCC(=O)O[C@H](COC(=O)CCCCCCCCCCCCCCCCCC)COP(=O)(O)OC[C@@H](O)COP(=O)(O)OC[C@@H](COC(=O)CCCCCCCCCCC)OC(=O)CCCCCCCCCC(C)C. The van der Waals surface area contributed by atoms with E-state index in [0.717, 1.165) is 89.9 Å². The molecule has 17 nitrogen and oxygen atoms in total.